The molecule has 0 unspecified atom stereocenters. The average molecular weight is 409 g/mol. The molecule has 6 nitrogen and oxygen atoms in total. The number of allylic oxidation sites excluding steroid dienone is 1. The van der Waals surface area contributed by atoms with Gasteiger partial charge in [0.05, 0.1) is 11.4 Å². The Kier molecular flexibility index (Phi) is 9.05. The van der Waals surface area contributed by atoms with Gasteiger partial charge in [0.2, 0.25) is 0 Å². The molecule has 29 heavy (non-hydrogen) atoms. The molecule has 0 spiro atoms. The normalized spacial score (nSPS) is 11.5. The molecule has 0 atom stereocenters. The van der Waals surface area contributed by atoms with Gasteiger partial charge in [0.15, 0.2) is 5.11 Å². The van der Waals surface area contributed by atoms with Gasteiger partial charge in [-0.1, -0.05) is 36.9 Å². The van der Waals surface area contributed by atoms with Crippen LogP contribution in [0.25, 0.3) is 5.82 Å². The fourth-order valence-corrected chi connectivity index (χ4v) is 2.95. The van der Waals surface area contributed by atoms with Crippen LogP contribution >= 0.6 is 12.2 Å². The molecule has 1 aromatic heterocycles. The number of benzene rings is 1. The van der Waals surface area contributed by atoms with Crippen molar-refractivity contribution in [2.75, 3.05) is 13.6 Å². The third-order valence-corrected chi connectivity index (χ3v) is 4.19. The van der Waals surface area contributed by atoms with E-state index < -0.39 is 0 Å². The van der Waals surface area contributed by atoms with E-state index in [4.69, 9.17) is 12.2 Å². The Morgan fingerprint density at radius 1 is 1.34 bits per heavy atom. The summed E-state index contributed by atoms with van der Waals surface area (Å²) in [5.74, 6) is 0.690. The van der Waals surface area contributed by atoms with Gasteiger partial charge in [0.1, 0.15) is 12.1 Å². The van der Waals surface area contributed by atoms with Crippen molar-refractivity contribution in [3.05, 3.63) is 78.2 Å². The molecule has 0 aliphatic heterocycles. The topological polar surface area (TPSA) is 57.5 Å². The number of nitrogens with one attached hydrogen (secondary N) is 2. The predicted octanol–water partition coefficient (Wildman–Crippen LogP) is 3.56. The highest BCUT2D eigenvalue weighted by molar-refractivity contribution is 7.80. The van der Waals surface area contributed by atoms with Crippen molar-refractivity contribution in [3.63, 3.8) is 0 Å². The molecule has 0 amide bonds. The molecule has 0 saturated carbocycles. The molecule has 0 saturated heterocycles. The van der Waals surface area contributed by atoms with Gasteiger partial charge < -0.3 is 10.6 Å². The van der Waals surface area contributed by atoms with Crippen LogP contribution in [0.5, 0.6) is 0 Å². The Bertz CT molecular complexity index is 906. The van der Waals surface area contributed by atoms with Crippen molar-refractivity contribution in [3.8, 4) is 0 Å². The molecular formula is C22H28N6S. The second kappa shape index (κ2) is 11.8. The maximum atomic E-state index is 5.23. The molecule has 2 rings (SSSR count). The number of hydrogen-bond acceptors (Lipinski definition) is 4. The van der Waals surface area contributed by atoms with Gasteiger partial charge in [0, 0.05) is 38.1 Å². The third kappa shape index (κ3) is 7.50. The number of rotatable bonds is 9. The largest absolute Gasteiger partial charge is 0.363 e. The Morgan fingerprint density at radius 3 is 2.76 bits per heavy atom. The molecule has 0 aliphatic rings. The highest BCUT2D eigenvalue weighted by Crippen LogP contribution is 2.12. The first-order valence-electron chi connectivity index (χ1n) is 9.46. The van der Waals surface area contributed by atoms with Gasteiger partial charge in [0.25, 0.3) is 0 Å². The summed E-state index contributed by atoms with van der Waals surface area (Å²) in [6.07, 6.45) is 7.30. The van der Waals surface area contributed by atoms with E-state index in [9.17, 15) is 0 Å². The van der Waals surface area contributed by atoms with Crippen molar-refractivity contribution in [1.82, 2.24) is 25.1 Å². The van der Waals surface area contributed by atoms with Gasteiger partial charge in [-0.2, -0.15) is 0 Å². The molecule has 0 fully saturated rings. The van der Waals surface area contributed by atoms with Crippen LogP contribution in [-0.4, -0.2) is 39.4 Å². The van der Waals surface area contributed by atoms with Gasteiger partial charge in [-0.05, 0) is 38.7 Å². The quantitative estimate of drug-likeness (QED) is 0.288. The summed E-state index contributed by atoms with van der Waals surface area (Å²) in [7, 11) is 2.08. The summed E-state index contributed by atoms with van der Waals surface area (Å²) in [6.45, 7) is 9.91. The van der Waals surface area contributed by atoms with Gasteiger partial charge in [-0.3, -0.25) is 9.47 Å². The minimum absolute atomic E-state index is 0.517. The zero-order valence-electron chi connectivity index (χ0n) is 17.2. The van der Waals surface area contributed by atoms with Crippen LogP contribution in [0.2, 0.25) is 0 Å². The summed E-state index contributed by atoms with van der Waals surface area (Å²) >= 11 is 5.23. The van der Waals surface area contributed by atoms with E-state index in [-0.39, 0.29) is 0 Å². The Hall–Kier alpha value is -2.99. The minimum atomic E-state index is 0.517. The zero-order valence-corrected chi connectivity index (χ0v) is 18.0. The highest BCUT2D eigenvalue weighted by atomic mass is 32.1. The number of imidazole rings is 1. The van der Waals surface area contributed by atoms with E-state index in [0.29, 0.717) is 16.6 Å². The first-order valence-corrected chi connectivity index (χ1v) is 9.87. The lowest BCUT2D eigenvalue weighted by atomic mass is 10.2. The molecule has 2 aromatic rings. The minimum Gasteiger partial charge on any atom is -0.363 e. The Morgan fingerprint density at radius 2 is 2.10 bits per heavy atom. The average Bonchev–Trinajstić information content (AvgIpc) is 3.16. The maximum absolute atomic E-state index is 5.23. The number of aromatic nitrogens is 2. The van der Waals surface area contributed by atoms with E-state index in [1.54, 1.807) is 12.5 Å². The van der Waals surface area contributed by atoms with Crippen LogP contribution in [0.1, 0.15) is 25.1 Å². The van der Waals surface area contributed by atoms with E-state index in [2.05, 4.69) is 69.1 Å². The monoisotopic (exact) mass is 408 g/mol. The molecule has 152 valence electrons. The lowest BCUT2D eigenvalue weighted by molar-refractivity contribution is 0.315. The van der Waals surface area contributed by atoms with Crippen LogP contribution in [0.3, 0.4) is 0 Å². The lowest BCUT2D eigenvalue weighted by Crippen LogP contribution is -2.33. The van der Waals surface area contributed by atoms with Crippen molar-refractivity contribution in [1.29, 1.82) is 0 Å². The van der Waals surface area contributed by atoms with Gasteiger partial charge in [-0.25, -0.2) is 9.98 Å². The van der Waals surface area contributed by atoms with E-state index in [1.165, 1.54) is 5.56 Å². The van der Waals surface area contributed by atoms with Crippen molar-refractivity contribution >= 4 is 29.4 Å². The second-order valence-corrected chi connectivity index (χ2v) is 6.80. The van der Waals surface area contributed by atoms with Crippen LogP contribution in [-0.2, 0) is 13.1 Å². The fraction of sp³-hybridized carbons (Fsp3) is 0.273. The molecule has 7 heteroatoms. The van der Waals surface area contributed by atoms with E-state index in [0.717, 1.165) is 25.3 Å². The molecule has 1 heterocycles. The lowest BCUT2D eigenvalue weighted by Gasteiger charge is -2.15. The SMILES string of the molecule is C=C=C(/C=C(\N=CC)n1cnc(CN(C)Cc2ccccc2)c1)NC(=S)NCC. The van der Waals surface area contributed by atoms with Gasteiger partial charge >= 0.3 is 0 Å². The maximum Gasteiger partial charge on any atom is 0.171 e. The predicted molar refractivity (Wildman–Crippen MR) is 124 cm³/mol. The van der Waals surface area contributed by atoms with Crippen molar-refractivity contribution in [2.24, 2.45) is 4.99 Å². The molecular weight excluding hydrogens is 380 g/mol. The van der Waals surface area contributed by atoms with E-state index >= 15 is 0 Å². The first kappa shape index (κ1) is 22.3. The van der Waals surface area contributed by atoms with Gasteiger partial charge in [-0.15, -0.1) is 5.73 Å². The van der Waals surface area contributed by atoms with E-state index in [1.807, 2.05) is 36.8 Å². The number of aliphatic imine (C=N–C) groups is 1. The number of thiocarbonyl (C=S) groups is 1. The molecule has 0 aliphatic carbocycles. The number of hydrogen-bond donors (Lipinski definition) is 2. The van der Waals surface area contributed by atoms with Crippen molar-refractivity contribution in [2.45, 2.75) is 26.9 Å². The molecule has 1 aromatic carbocycles. The van der Waals surface area contributed by atoms with Crippen LogP contribution in [0.4, 0.5) is 0 Å². The summed E-state index contributed by atoms with van der Waals surface area (Å²) < 4.78 is 1.88. The second-order valence-electron chi connectivity index (χ2n) is 6.39. The molecule has 0 bridgehead atoms. The highest BCUT2D eigenvalue weighted by Gasteiger charge is 2.07. The number of nitrogens with zero attached hydrogens (tertiary/aromatic N) is 4. The van der Waals surface area contributed by atoms with Crippen LogP contribution in [0, 0.1) is 0 Å². The Balaban J connectivity index is 2.11. The van der Waals surface area contributed by atoms with Crippen molar-refractivity contribution < 1.29 is 0 Å². The van der Waals surface area contributed by atoms with Crippen LogP contribution < -0.4 is 10.6 Å². The smallest absolute Gasteiger partial charge is 0.171 e. The fourth-order valence-electron chi connectivity index (χ4n) is 2.70. The zero-order chi connectivity index (χ0) is 21.1. The summed E-state index contributed by atoms with van der Waals surface area (Å²) in [5.41, 5.74) is 5.72. The molecule has 0 radical (unpaired) electrons. The standard InChI is InChI=1S/C22H28N6S/c1-5-19(26-22(29)24-7-3)13-21(23-6-2)28-16-20(25-17-28)15-27(4)14-18-11-9-8-10-12-18/h6,8-13,16-17H,1,7,14-15H2,2-4H3,(H2,24,26,29)/b21-13+,23-6?. The summed E-state index contributed by atoms with van der Waals surface area (Å²) in [6, 6.07) is 10.4. The first-order chi connectivity index (χ1) is 14.0. The summed E-state index contributed by atoms with van der Waals surface area (Å²) in [5, 5.41) is 6.62. The Labute approximate surface area is 178 Å². The third-order valence-electron chi connectivity index (χ3n) is 3.94. The van der Waals surface area contributed by atoms with Crippen LogP contribution in [0.15, 0.2) is 71.9 Å². The summed E-state index contributed by atoms with van der Waals surface area (Å²) in [4.78, 5) is 11.2. The molecule has 2 N–H and O–H groups in total.